The van der Waals surface area contributed by atoms with E-state index >= 15 is 0 Å². The molecule has 1 atom stereocenters. The molecule has 0 radical (unpaired) electrons. The van der Waals surface area contributed by atoms with E-state index in [0.29, 0.717) is 5.56 Å². The molecule has 1 saturated carbocycles. The Balaban J connectivity index is 1.30. The van der Waals surface area contributed by atoms with E-state index in [0.717, 1.165) is 42.6 Å². The molecule has 0 nitrogen and oxygen atoms in total. The van der Waals surface area contributed by atoms with Crippen LogP contribution in [0.15, 0.2) is 24.3 Å². The Labute approximate surface area is 177 Å². The molecule has 29 heavy (non-hydrogen) atoms. The summed E-state index contributed by atoms with van der Waals surface area (Å²) in [5, 5.41) is 0. The highest BCUT2D eigenvalue weighted by molar-refractivity contribution is 5.66. The van der Waals surface area contributed by atoms with E-state index in [1.165, 1.54) is 83.1 Å². The Bertz CT molecular complexity index is 640. The van der Waals surface area contributed by atoms with Crippen molar-refractivity contribution in [3.05, 3.63) is 41.5 Å². The fourth-order valence-corrected chi connectivity index (χ4v) is 5.50. The average Bonchev–Trinajstić information content (AvgIpc) is 2.75. The van der Waals surface area contributed by atoms with Gasteiger partial charge in [-0.1, -0.05) is 102 Å². The van der Waals surface area contributed by atoms with Crippen LogP contribution in [0.4, 0.5) is 8.78 Å². The van der Waals surface area contributed by atoms with E-state index < -0.39 is 11.6 Å². The quantitative estimate of drug-likeness (QED) is 0.342. The van der Waals surface area contributed by atoms with Crippen LogP contribution in [0.25, 0.3) is 5.57 Å². The van der Waals surface area contributed by atoms with E-state index in [9.17, 15) is 8.78 Å². The molecule has 2 aliphatic rings. The molecule has 1 aromatic rings. The maximum absolute atomic E-state index is 14.0. The molecular formula is C27H40F2. The van der Waals surface area contributed by atoms with Crippen LogP contribution in [0.1, 0.15) is 109 Å². The van der Waals surface area contributed by atoms with Crippen molar-refractivity contribution in [3.63, 3.8) is 0 Å². The second-order valence-electron chi connectivity index (χ2n) is 9.64. The van der Waals surface area contributed by atoms with Crippen molar-refractivity contribution in [3.8, 4) is 0 Å². The first kappa shape index (κ1) is 22.5. The highest BCUT2D eigenvalue weighted by Crippen LogP contribution is 2.36. The van der Waals surface area contributed by atoms with Gasteiger partial charge in [0.2, 0.25) is 0 Å². The maximum atomic E-state index is 14.0. The van der Waals surface area contributed by atoms with Crippen LogP contribution >= 0.6 is 0 Å². The monoisotopic (exact) mass is 402 g/mol. The summed E-state index contributed by atoms with van der Waals surface area (Å²) >= 11 is 0. The van der Waals surface area contributed by atoms with Gasteiger partial charge in [0.15, 0.2) is 11.6 Å². The van der Waals surface area contributed by atoms with Crippen LogP contribution in [0.2, 0.25) is 0 Å². The minimum atomic E-state index is -0.736. The lowest BCUT2D eigenvalue weighted by molar-refractivity contribution is 0.243. The Morgan fingerprint density at radius 3 is 2.00 bits per heavy atom. The molecule has 2 aliphatic carbocycles. The van der Waals surface area contributed by atoms with Gasteiger partial charge < -0.3 is 0 Å². The summed E-state index contributed by atoms with van der Waals surface area (Å²) in [6.07, 6.45) is 22.1. The van der Waals surface area contributed by atoms with E-state index in [4.69, 9.17) is 0 Å². The molecule has 0 saturated heterocycles. The number of hydrogen-bond donors (Lipinski definition) is 0. The molecule has 0 bridgehead atoms. The highest BCUT2D eigenvalue weighted by Gasteiger charge is 2.21. The predicted molar refractivity (Wildman–Crippen MR) is 120 cm³/mol. The van der Waals surface area contributed by atoms with Crippen molar-refractivity contribution in [2.75, 3.05) is 0 Å². The lowest BCUT2D eigenvalue weighted by Crippen LogP contribution is -2.14. The fraction of sp³-hybridized carbons (Fsp3) is 0.704. The van der Waals surface area contributed by atoms with Crippen molar-refractivity contribution in [2.45, 2.75) is 103 Å². The van der Waals surface area contributed by atoms with Crippen LogP contribution in [0.5, 0.6) is 0 Å². The molecule has 0 N–H and O–H groups in total. The Morgan fingerprint density at radius 2 is 1.41 bits per heavy atom. The summed E-state index contributed by atoms with van der Waals surface area (Å²) in [5.41, 5.74) is 1.46. The summed E-state index contributed by atoms with van der Waals surface area (Å²) < 4.78 is 27.5. The number of hydrogen-bond acceptors (Lipinski definition) is 0. The van der Waals surface area contributed by atoms with Gasteiger partial charge >= 0.3 is 0 Å². The van der Waals surface area contributed by atoms with Crippen molar-refractivity contribution < 1.29 is 8.78 Å². The Kier molecular flexibility index (Phi) is 9.21. The number of unbranched alkanes of at least 4 members (excludes halogenated alkanes) is 3. The third-order valence-electron chi connectivity index (χ3n) is 7.47. The molecule has 0 aromatic heterocycles. The molecule has 2 heteroatoms. The minimum absolute atomic E-state index is 0.466. The second-order valence-corrected chi connectivity index (χ2v) is 9.64. The average molecular weight is 403 g/mol. The van der Waals surface area contributed by atoms with Crippen LogP contribution < -0.4 is 0 Å². The van der Waals surface area contributed by atoms with Gasteiger partial charge in [-0.3, -0.25) is 0 Å². The number of benzene rings is 1. The van der Waals surface area contributed by atoms with Gasteiger partial charge in [-0.25, -0.2) is 8.78 Å². The zero-order chi connectivity index (χ0) is 20.5. The molecule has 0 amide bonds. The van der Waals surface area contributed by atoms with E-state index in [1.54, 1.807) is 12.1 Å². The Morgan fingerprint density at radius 1 is 0.793 bits per heavy atom. The van der Waals surface area contributed by atoms with Gasteiger partial charge in [0, 0.05) is 5.56 Å². The zero-order valence-electron chi connectivity index (χ0n) is 18.4. The molecule has 1 aromatic carbocycles. The standard InChI is InChI=1S/C27H40F2/c1-2-3-4-8-21-13-15-22(16-14-21)9-5-6-10-23-17-19-24(20-18-23)25-11-7-12-26(28)27(25)29/h7,11-12,19,21-23H,2-6,8-10,13-18,20H2,1H3/t21-,22-,23?. The SMILES string of the molecule is CCCCC[C@H]1CC[C@H](CCCCC2CC=C(c3cccc(F)c3F)CC2)CC1. The Hall–Kier alpha value is -1.18. The molecule has 1 unspecified atom stereocenters. The number of rotatable bonds is 10. The summed E-state index contributed by atoms with van der Waals surface area (Å²) in [5.74, 6) is 1.30. The van der Waals surface area contributed by atoms with Crippen LogP contribution in [-0.2, 0) is 0 Å². The van der Waals surface area contributed by atoms with Crippen molar-refractivity contribution in [1.82, 2.24) is 0 Å². The molecular weight excluding hydrogens is 362 g/mol. The predicted octanol–water partition coefficient (Wildman–Crippen LogP) is 9.10. The second kappa shape index (κ2) is 11.9. The largest absolute Gasteiger partial charge is 0.204 e. The number of allylic oxidation sites excluding steroid dienone is 2. The molecule has 162 valence electrons. The normalized spacial score (nSPS) is 25.1. The summed E-state index contributed by atoms with van der Waals surface area (Å²) in [6, 6.07) is 4.52. The third kappa shape index (κ3) is 6.93. The first-order valence-electron chi connectivity index (χ1n) is 12.3. The summed E-state index contributed by atoms with van der Waals surface area (Å²) in [7, 11) is 0. The highest BCUT2D eigenvalue weighted by atomic mass is 19.2. The van der Waals surface area contributed by atoms with E-state index in [-0.39, 0.29) is 0 Å². The first-order chi connectivity index (χ1) is 14.2. The first-order valence-corrected chi connectivity index (χ1v) is 12.3. The van der Waals surface area contributed by atoms with Crippen molar-refractivity contribution in [1.29, 1.82) is 0 Å². The van der Waals surface area contributed by atoms with Gasteiger partial charge in [0.1, 0.15) is 0 Å². The molecule has 0 heterocycles. The van der Waals surface area contributed by atoms with Crippen molar-refractivity contribution in [2.24, 2.45) is 17.8 Å². The topological polar surface area (TPSA) is 0 Å². The minimum Gasteiger partial charge on any atom is -0.204 e. The van der Waals surface area contributed by atoms with E-state index in [2.05, 4.69) is 13.0 Å². The smallest absolute Gasteiger partial charge is 0.166 e. The van der Waals surface area contributed by atoms with Crippen LogP contribution in [0.3, 0.4) is 0 Å². The molecule has 0 spiro atoms. The lowest BCUT2D eigenvalue weighted by atomic mass is 9.77. The van der Waals surface area contributed by atoms with Crippen molar-refractivity contribution >= 4 is 5.57 Å². The zero-order valence-corrected chi connectivity index (χ0v) is 18.4. The summed E-state index contributed by atoms with van der Waals surface area (Å²) in [6.45, 7) is 2.30. The number of halogens is 2. The fourth-order valence-electron chi connectivity index (χ4n) is 5.50. The van der Waals surface area contributed by atoms with Gasteiger partial charge in [0.25, 0.3) is 0 Å². The van der Waals surface area contributed by atoms with Gasteiger partial charge in [-0.15, -0.1) is 0 Å². The van der Waals surface area contributed by atoms with Gasteiger partial charge in [0.05, 0.1) is 0 Å². The van der Waals surface area contributed by atoms with Gasteiger partial charge in [-0.05, 0) is 48.7 Å². The lowest BCUT2D eigenvalue weighted by Gasteiger charge is -2.29. The molecule has 0 aliphatic heterocycles. The van der Waals surface area contributed by atoms with E-state index in [1.807, 2.05) is 0 Å². The van der Waals surface area contributed by atoms with Crippen LogP contribution in [-0.4, -0.2) is 0 Å². The molecule has 1 fully saturated rings. The van der Waals surface area contributed by atoms with Gasteiger partial charge in [-0.2, -0.15) is 0 Å². The third-order valence-corrected chi connectivity index (χ3v) is 7.47. The maximum Gasteiger partial charge on any atom is 0.166 e. The summed E-state index contributed by atoms with van der Waals surface area (Å²) in [4.78, 5) is 0. The van der Waals surface area contributed by atoms with Crippen LogP contribution in [0, 0.1) is 29.4 Å². The molecule has 3 rings (SSSR count).